The zero-order valence-corrected chi connectivity index (χ0v) is 34.0. The van der Waals surface area contributed by atoms with Crippen molar-refractivity contribution in [1.82, 2.24) is 14.5 Å². The van der Waals surface area contributed by atoms with E-state index in [4.69, 9.17) is 18.7 Å². The second kappa shape index (κ2) is 15.9. The summed E-state index contributed by atoms with van der Waals surface area (Å²) in [4.78, 5) is 9.70. The molecule has 0 aliphatic heterocycles. The van der Waals surface area contributed by atoms with E-state index in [1.807, 2.05) is 116 Å². The normalized spacial score (nSPS) is 14.3. The van der Waals surface area contributed by atoms with Crippen molar-refractivity contribution in [3.63, 3.8) is 0 Å². The van der Waals surface area contributed by atoms with E-state index in [9.17, 15) is 6.48 Å². The van der Waals surface area contributed by atoms with Gasteiger partial charge < -0.3 is 5.11 Å². The van der Waals surface area contributed by atoms with Gasteiger partial charge in [-0.15, -0.1) is 29.3 Å². The molecular weight excluding hydrogens is 890 g/mol. The quantitative estimate of drug-likeness (QED) is 0.162. The number of hydrogen-bond donors (Lipinski definition) is 1. The van der Waals surface area contributed by atoms with Gasteiger partial charge in [0.05, 0.1) is 33.3 Å². The van der Waals surface area contributed by atoms with Crippen LogP contribution in [-0.2, 0) is 26.5 Å². The first-order valence-corrected chi connectivity index (χ1v) is 18.5. The van der Waals surface area contributed by atoms with E-state index in [-0.39, 0.29) is 54.8 Å². The number of fused-ring (bicyclic) bond motifs is 1. The van der Waals surface area contributed by atoms with Crippen LogP contribution >= 0.6 is 0 Å². The number of benzene rings is 7. The van der Waals surface area contributed by atoms with Crippen molar-refractivity contribution in [2.75, 3.05) is 0 Å². The molecule has 2 heterocycles. The number of phenols is 1. The van der Waals surface area contributed by atoms with Crippen LogP contribution in [0.25, 0.3) is 83.9 Å². The van der Waals surface area contributed by atoms with Gasteiger partial charge in [0.25, 0.3) is 0 Å². The minimum atomic E-state index is -2.49. The van der Waals surface area contributed by atoms with Gasteiger partial charge in [0, 0.05) is 42.6 Å². The van der Waals surface area contributed by atoms with Crippen LogP contribution in [0.4, 0.5) is 0 Å². The van der Waals surface area contributed by atoms with Crippen LogP contribution in [-0.4, -0.2) is 19.6 Å². The molecule has 9 rings (SSSR count). The Morgan fingerprint density at radius 3 is 2.03 bits per heavy atom. The molecule has 0 amide bonds. The maximum Gasteiger partial charge on any atom is 0.148 e. The third-order valence-corrected chi connectivity index (χ3v) is 10.00. The predicted molar refractivity (Wildman–Crippen MR) is 235 cm³/mol. The van der Waals surface area contributed by atoms with Crippen molar-refractivity contribution in [2.45, 2.75) is 33.0 Å². The zero-order chi connectivity index (χ0) is 48.6. The number of hydrogen-bond acceptors (Lipinski definition) is 3. The fourth-order valence-corrected chi connectivity index (χ4v) is 7.10. The standard InChI is InChI=1S/C53H42N3O.Pt/c1-35-29-46(38-21-12-7-13-22-38)49(34-45(35)37-19-10-6-11-20-37)56-48-25-16-24-43(51(48)55-52(56)44-23-14-15-26-50(44)57)40-30-41(32-42(31-40)53(2,3)4)47-33-39(27-28-54-47)36-17-8-5-9-18-36;/h5-29,31-34,57H,1-4H3;/q-1;/i1D3,5D,8D,9D,17D,18D,27D,28D,33D;. The number of aromatic hydroxyl groups is 1. The van der Waals surface area contributed by atoms with Gasteiger partial charge in [-0.05, 0) is 82.0 Å². The summed E-state index contributed by atoms with van der Waals surface area (Å²) >= 11 is 0. The molecule has 7 aromatic carbocycles. The second-order valence-corrected chi connectivity index (χ2v) is 14.8. The van der Waals surface area contributed by atoms with Crippen LogP contribution in [0.1, 0.15) is 47.0 Å². The topological polar surface area (TPSA) is 50.9 Å². The Hall–Kier alpha value is -6.35. The molecule has 0 aliphatic carbocycles. The third kappa shape index (κ3) is 7.33. The predicted octanol–water partition coefficient (Wildman–Crippen LogP) is 13.5. The molecule has 0 saturated heterocycles. The van der Waals surface area contributed by atoms with Crippen molar-refractivity contribution in [3.05, 3.63) is 193 Å². The van der Waals surface area contributed by atoms with Gasteiger partial charge in [-0.3, -0.25) is 9.55 Å². The fraction of sp³-hybridized carbons (Fsp3) is 0.0943. The fourth-order valence-electron chi connectivity index (χ4n) is 7.10. The van der Waals surface area contributed by atoms with Crippen molar-refractivity contribution >= 4 is 11.0 Å². The molecule has 5 heteroatoms. The number of rotatable bonds is 7. The Bertz CT molecular complexity index is 3450. The van der Waals surface area contributed by atoms with E-state index in [2.05, 4.69) is 11.1 Å². The number of pyridine rings is 1. The summed E-state index contributed by atoms with van der Waals surface area (Å²) in [5.41, 5.74) is 5.66. The van der Waals surface area contributed by atoms with Crippen LogP contribution in [0.5, 0.6) is 5.75 Å². The molecule has 0 fully saturated rings. The molecule has 0 radical (unpaired) electrons. The van der Waals surface area contributed by atoms with E-state index in [0.29, 0.717) is 55.9 Å². The molecule has 0 aliphatic rings. The van der Waals surface area contributed by atoms with Crippen LogP contribution < -0.4 is 0 Å². The molecule has 1 N–H and O–H groups in total. The minimum absolute atomic E-state index is 0. The van der Waals surface area contributed by atoms with Gasteiger partial charge in [0.15, 0.2) is 0 Å². The van der Waals surface area contributed by atoms with Crippen molar-refractivity contribution in [1.29, 1.82) is 0 Å². The number of aryl methyl sites for hydroxylation is 1. The molecule has 0 unspecified atom stereocenters. The number of nitrogens with zero attached hydrogens (tertiary/aromatic N) is 3. The van der Waals surface area contributed by atoms with Gasteiger partial charge >= 0.3 is 0 Å². The van der Waals surface area contributed by atoms with Gasteiger partial charge in [-0.25, -0.2) is 4.98 Å². The van der Waals surface area contributed by atoms with E-state index in [0.717, 1.165) is 11.1 Å². The van der Waals surface area contributed by atoms with Crippen LogP contribution in [0.3, 0.4) is 0 Å². The summed E-state index contributed by atoms with van der Waals surface area (Å²) in [6, 6.07) is 37.9. The molecule has 0 bridgehead atoms. The number of imidazole rings is 1. The molecule has 286 valence electrons. The van der Waals surface area contributed by atoms with Crippen LogP contribution in [0, 0.1) is 12.9 Å². The van der Waals surface area contributed by atoms with E-state index < -0.39 is 60.7 Å². The average Bonchev–Trinajstić information content (AvgIpc) is 3.71. The molecule has 0 atom stereocenters. The number of phenolic OH excluding ortho intramolecular Hbond substituents is 1. The Balaban J connectivity index is 0.00000642. The molecule has 0 saturated carbocycles. The van der Waals surface area contributed by atoms with E-state index in [1.165, 1.54) is 0 Å². The molecule has 2 aromatic heterocycles. The van der Waals surface area contributed by atoms with Gasteiger partial charge in [0.1, 0.15) is 11.6 Å². The Kier molecular flexibility index (Phi) is 7.48. The maximum atomic E-state index is 11.5. The zero-order valence-electron chi connectivity index (χ0n) is 42.7. The smallest absolute Gasteiger partial charge is 0.148 e. The van der Waals surface area contributed by atoms with Crippen molar-refractivity contribution in [3.8, 4) is 78.6 Å². The summed E-state index contributed by atoms with van der Waals surface area (Å²) < 4.78 is 97.2. The number of aromatic nitrogens is 3. The maximum absolute atomic E-state index is 11.5. The Morgan fingerprint density at radius 1 is 0.655 bits per heavy atom. The van der Waals surface area contributed by atoms with Crippen LogP contribution in [0.15, 0.2) is 176 Å². The summed E-state index contributed by atoms with van der Waals surface area (Å²) in [5.74, 6) is 0.324. The average molecular weight is 943 g/mol. The first-order chi connectivity index (χ1) is 32.3. The van der Waals surface area contributed by atoms with Gasteiger partial charge in [-0.1, -0.05) is 153 Å². The summed E-state index contributed by atoms with van der Waals surface area (Å²) in [6.45, 7) is 3.54. The third-order valence-electron chi connectivity index (χ3n) is 10.00. The van der Waals surface area contributed by atoms with Gasteiger partial charge in [-0.2, -0.15) is 0 Å². The first kappa shape index (κ1) is 27.3. The summed E-state index contributed by atoms with van der Waals surface area (Å²) in [5, 5.41) is 11.5. The molecule has 9 aromatic rings. The molecular formula is C53H42N3OPt-. The largest absolute Gasteiger partial charge is 0.507 e. The SMILES string of the molecule is [2H]c1nc(-c2[c-]c(-c3cccc4c3nc(-c3ccccc3O)n4-c3cc(-c4ccccc4)c(C([2H])([2H])[2H])cc3-c3ccccc3)cc(C(C)(C)C)c2)c([2H])c(-c2c([2H])c([2H])c([2H])c([2H])c2[2H])c1[2H].[Pt]. The van der Waals surface area contributed by atoms with Crippen molar-refractivity contribution < 1.29 is 41.3 Å². The second-order valence-electron chi connectivity index (χ2n) is 14.8. The van der Waals surface area contributed by atoms with E-state index in [1.54, 1.807) is 36.4 Å². The van der Waals surface area contributed by atoms with Crippen LogP contribution in [0.2, 0.25) is 0 Å². The summed E-state index contributed by atoms with van der Waals surface area (Å²) in [6.07, 6.45) is -0.560. The number of para-hydroxylation sites is 2. The Labute approximate surface area is 370 Å². The first-order valence-electron chi connectivity index (χ1n) is 24.0. The van der Waals surface area contributed by atoms with E-state index >= 15 is 0 Å². The molecule has 58 heavy (non-hydrogen) atoms. The summed E-state index contributed by atoms with van der Waals surface area (Å²) in [7, 11) is 0. The molecule has 0 spiro atoms. The monoisotopic (exact) mass is 942 g/mol. The van der Waals surface area contributed by atoms with Crippen molar-refractivity contribution in [2.24, 2.45) is 0 Å². The Morgan fingerprint density at radius 2 is 1.33 bits per heavy atom. The minimum Gasteiger partial charge on any atom is -0.507 e. The molecule has 4 nitrogen and oxygen atoms in total. The van der Waals surface area contributed by atoms with Gasteiger partial charge in [0.2, 0.25) is 0 Å².